The summed E-state index contributed by atoms with van der Waals surface area (Å²) >= 11 is 3.40. The molecule has 0 aliphatic rings. The Kier molecular flexibility index (Phi) is 4.53. The minimum Gasteiger partial charge on any atom is -0.295 e. The van der Waals surface area contributed by atoms with E-state index in [1.807, 2.05) is 57.2 Å². The molecule has 0 atom stereocenters. The quantitative estimate of drug-likeness (QED) is 0.659. The van der Waals surface area contributed by atoms with Crippen LogP contribution in [-0.4, -0.2) is 16.0 Å². The highest BCUT2D eigenvalue weighted by Gasteiger charge is 2.12. The summed E-state index contributed by atoms with van der Waals surface area (Å²) in [5, 5.41) is 3.14. The summed E-state index contributed by atoms with van der Waals surface area (Å²) in [6.45, 7) is 5.92. The highest BCUT2D eigenvalue weighted by Crippen LogP contribution is 2.17. The van der Waals surface area contributed by atoms with Crippen LogP contribution in [0, 0.1) is 20.8 Å². The number of nitrogens with one attached hydrogen (secondary N) is 1. The van der Waals surface area contributed by atoms with Crippen molar-refractivity contribution in [1.82, 2.24) is 9.78 Å². The van der Waals surface area contributed by atoms with Crippen molar-refractivity contribution in [2.75, 3.05) is 0 Å². The van der Waals surface area contributed by atoms with E-state index in [9.17, 15) is 4.79 Å². The molecule has 0 aliphatic carbocycles. The second-order valence-electron chi connectivity index (χ2n) is 5.82. The van der Waals surface area contributed by atoms with Gasteiger partial charge in [-0.25, -0.2) is 4.68 Å². The van der Waals surface area contributed by atoms with Crippen LogP contribution < -0.4 is 5.56 Å². The average Bonchev–Trinajstić information content (AvgIpc) is 2.82. The molecular weight excluding hydrogens is 366 g/mol. The van der Waals surface area contributed by atoms with Crippen LogP contribution >= 0.6 is 15.9 Å². The van der Waals surface area contributed by atoms with Gasteiger partial charge < -0.3 is 0 Å². The maximum absolute atomic E-state index is 12.7. The zero-order valence-electron chi connectivity index (χ0n) is 13.8. The van der Waals surface area contributed by atoms with Crippen molar-refractivity contribution in [3.05, 3.63) is 79.7 Å². The number of nitrogens with zero attached hydrogens (tertiary/aromatic N) is 2. The van der Waals surface area contributed by atoms with Crippen LogP contribution in [0.5, 0.6) is 0 Å². The second kappa shape index (κ2) is 6.61. The fourth-order valence-corrected chi connectivity index (χ4v) is 2.87. The van der Waals surface area contributed by atoms with Gasteiger partial charge in [-0.15, -0.1) is 0 Å². The van der Waals surface area contributed by atoms with Crippen LogP contribution in [-0.2, 0) is 0 Å². The first-order chi connectivity index (χ1) is 11.5. The number of hydrogen-bond acceptors (Lipinski definition) is 2. The zero-order chi connectivity index (χ0) is 17.3. The molecule has 4 nitrogen and oxygen atoms in total. The molecule has 0 amide bonds. The van der Waals surface area contributed by atoms with Gasteiger partial charge in [0.25, 0.3) is 5.56 Å². The smallest absolute Gasteiger partial charge is 0.280 e. The van der Waals surface area contributed by atoms with Crippen molar-refractivity contribution in [1.29, 1.82) is 0 Å². The van der Waals surface area contributed by atoms with E-state index in [0.29, 0.717) is 5.56 Å². The number of aromatic nitrogens is 2. The molecule has 5 heteroatoms. The molecule has 3 rings (SSSR count). The van der Waals surface area contributed by atoms with Crippen LogP contribution in [0.1, 0.15) is 22.4 Å². The first kappa shape index (κ1) is 16.5. The predicted molar refractivity (Wildman–Crippen MR) is 102 cm³/mol. The molecule has 0 aliphatic heterocycles. The molecule has 0 radical (unpaired) electrons. The van der Waals surface area contributed by atoms with Crippen molar-refractivity contribution in [3.8, 4) is 5.69 Å². The Balaban J connectivity index is 2.00. The Morgan fingerprint density at radius 2 is 1.79 bits per heavy atom. The van der Waals surface area contributed by atoms with Gasteiger partial charge in [0.05, 0.1) is 16.9 Å². The average molecular weight is 384 g/mol. The number of hydrogen-bond donors (Lipinski definition) is 1. The molecule has 24 heavy (non-hydrogen) atoms. The number of aryl methyl sites for hydroxylation is 3. The summed E-state index contributed by atoms with van der Waals surface area (Å²) in [6, 6.07) is 13.7. The first-order valence-electron chi connectivity index (χ1n) is 7.64. The fraction of sp³-hybridized carbons (Fsp3) is 0.158. The Labute approximate surface area is 149 Å². The van der Waals surface area contributed by atoms with Gasteiger partial charge >= 0.3 is 0 Å². The van der Waals surface area contributed by atoms with Crippen molar-refractivity contribution < 1.29 is 0 Å². The third-order valence-electron chi connectivity index (χ3n) is 3.88. The molecule has 122 valence electrons. The maximum Gasteiger partial charge on any atom is 0.280 e. The molecule has 2 aromatic carbocycles. The number of H-pyrrole nitrogens is 1. The topological polar surface area (TPSA) is 50.1 Å². The Morgan fingerprint density at radius 3 is 2.46 bits per heavy atom. The molecule has 1 N–H and O–H groups in total. The molecule has 0 spiro atoms. The summed E-state index contributed by atoms with van der Waals surface area (Å²) in [4.78, 5) is 17.1. The van der Waals surface area contributed by atoms with Crippen molar-refractivity contribution in [2.24, 2.45) is 4.99 Å². The van der Waals surface area contributed by atoms with Crippen LogP contribution in [0.4, 0.5) is 5.69 Å². The van der Waals surface area contributed by atoms with E-state index in [2.05, 4.69) is 32.1 Å². The van der Waals surface area contributed by atoms with E-state index in [4.69, 9.17) is 0 Å². The predicted octanol–water partition coefficient (Wildman–Crippen LogP) is 4.60. The summed E-state index contributed by atoms with van der Waals surface area (Å²) in [6.07, 6.45) is 1.62. The summed E-state index contributed by atoms with van der Waals surface area (Å²) < 4.78 is 2.57. The summed E-state index contributed by atoms with van der Waals surface area (Å²) in [5.74, 6) is 0. The monoisotopic (exact) mass is 383 g/mol. The third kappa shape index (κ3) is 3.26. The van der Waals surface area contributed by atoms with Gasteiger partial charge in [0.15, 0.2) is 0 Å². The minimum absolute atomic E-state index is 0.0969. The number of aromatic amines is 1. The number of aliphatic imine (C=N–C) groups is 1. The highest BCUT2D eigenvalue weighted by atomic mass is 79.9. The maximum atomic E-state index is 12.7. The summed E-state index contributed by atoms with van der Waals surface area (Å²) in [5.41, 5.74) is 5.15. The fourth-order valence-electron chi connectivity index (χ4n) is 2.60. The van der Waals surface area contributed by atoms with Crippen molar-refractivity contribution in [3.63, 3.8) is 0 Å². The number of halogens is 1. The Hall–Kier alpha value is -2.40. The van der Waals surface area contributed by atoms with Gasteiger partial charge in [-0.2, -0.15) is 0 Å². The van der Waals surface area contributed by atoms with E-state index >= 15 is 0 Å². The first-order valence-corrected chi connectivity index (χ1v) is 8.44. The molecule has 1 aromatic heterocycles. The Morgan fingerprint density at radius 1 is 1.08 bits per heavy atom. The molecule has 0 unspecified atom stereocenters. The van der Waals surface area contributed by atoms with Gasteiger partial charge in [0, 0.05) is 16.4 Å². The zero-order valence-corrected chi connectivity index (χ0v) is 15.4. The lowest BCUT2D eigenvalue weighted by Crippen LogP contribution is -2.18. The van der Waals surface area contributed by atoms with Gasteiger partial charge in [0.1, 0.15) is 0 Å². The van der Waals surface area contributed by atoms with Crippen LogP contribution in [0.25, 0.3) is 5.69 Å². The third-order valence-corrected chi connectivity index (χ3v) is 4.41. The molecule has 0 saturated heterocycles. The lowest BCUT2D eigenvalue weighted by Gasteiger charge is -2.06. The molecule has 0 fully saturated rings. The van der Waals surface area contributed by atoms with E-state index in [-0.39, 0.29) is 5.56 Å². The molecule has 3 aromatic rings. The van der Waals surface area contributed by atoms with Crippen LogP contribution in [0.15, 0.2) is 56.7 Å². The van der Waals surface area contributed by atoms with Gasteiger partial charge in [-0.05, 0) is 56.7 Å². The molecule has 0 bridgehead atoms. The van der Waals surface area contributed by atoms with E-state index in [1.165, 1.54) is 5.56 Å². The lowest BCUT2D eigenvalue weighted by atomic mass is 10.1. The van der Waals surface area contributed by atoms with Crippen molar-refractivity contribution in [2.45, 2.75) is 20.8 Å². The van der Waals surface area contributed by atoms with Gasteiger partial charge in [-0.1, -0.05) is 33.6 Å². The SMILES string of the molecule is Cc1ccc(-n2[nH]c(C)c(C=Nc3ccc(Br)cc3)c2=O)c(C)c1. The number of benzene rings is 2. The van der Waals surface area contributed by atoms with Gasteiger partial charge in [-0.3, -0.25) is 14.9 Å². The second-order valence-corrected chi connectivity index (χ2v) is 6.73. The van der Waals surface area contributed by atoms with Crippen LogP contribution in [0.3, 0.4) is 0 Å². The van der Waals surface area contributed by atoms with Gasteiger partial charge in [0.2, 0.25) is 0 Å². The number of rotatable bonds is 3. The molecule has 0 saturated carbocycles. The molecule has 1 heterocycles. The van der Waals surface area contributed by atoms with E-state index in [0.717, 1.165) is 27.1 Å². The largest absolute Gasteiger partial charge is 0.295 e. The molecular formula is C19H18BrN3O. The summed E-state index contributed by atoms with van der Waals surface area (Å²) in [7, 11) is 0. The van der Waals surface area contributed by atoms with E-state index in [1.54, 1.807) is 10.9 Å². The van der Waals surface area contributed by atoms with Crippen LogP contribution in [0.2, 0.25) is 0 Å². The normalized spacial score (nSPS) is 11.3. The Bertz CT molecular complexity index is 965. The standard InChI is InChI=1S/C19H18BrN3O/c1-12-4-9-18(13(2)10-12)23-19(24)17(14(3)22-23)11-21-16-7-5-15(20)6-8-16/h4-11,22H,1-3H3. The van der Waals surface area contributed by atoms with E-state index < -0.39 is 0 Å². The van der Waals surface area contributed by atoms with Crippen molar-refractivity contribution >= 4 is 27.8 Å². The highest BCUT2D eigenvalue weighted by molar-refractivity contribution is 9.10. The lowest BCUT2D eigenvalue weighted by molar-refractivity contribution is 0.828. The minimum atomic E-state index is -0.0969.